The first kappa shape index (κ1) is 16.6. The van der Waals surface area contributed by atoms with Crippen LogP contribution in [0.3, 0.4) is 0 Å². The average Bonchev–Trinajstić information content (AvgIpc) is 2.89. The van der Waals surface area contributed by atoms with Crippen molar-refractivity contribution in [1.82, 2.24) is 5.32 Å². The van der Waals surface area contributed by atoms with Crippen LogP contribution in [0.2, 0.25) is 5.02 Å². The minimum absolute atomic E-state index is 0. The molecule has 0 aromatic heterocycles. The monoisotopic (exact) mass is 303 g/mol. The fourth-order valence-electron chi connectivity index (χ4n) is 2.32. The summed E-state index contributed by atoms with van der Waals surface area (Å²) in [6, 6.07) is 5.96. The van der Waals surface area contributed by atoms with Crippen molar-refractivity contribution >= 4 is 24.0 Å². The molecule has 0 bridgehead atoms. The largest absolute Gasteiger partial charge is 0.493 e. The lowest BCUT2D eigenvalue weighted by molar-refractivity contribution is 0.256. The molecule has 1 saturated heterocycles. The van der Waals surface area contributed by atoms with Gasteiger partial charge in [0.15, 0.2) is 0 Å². The molecule has 0 spiro atoms. The van der Waals surface area contributed by atoms with Crippen molar-refractivity contribution in [1.29, 1.82) is 0 Å². The molecule has 1 aromatic rings. The highest BCUT2D eigenvalue weighted by Gasteiger charge is 2.17. The van der Waals surface area contributed by atoms with Gasteiger partial charge in [-0.2, -0.15) is 0 Å². The predicted molar refractivity (Wildman–Crippen MR) is 83.9 cm³/mol. The fourth-order valence-corrected chi connectivity index (χ4v) is 2.50. The van der Waals surface area contributed by atoms with E-state index in [-0.39, 0.29) is 12.4 Å². The molecule has 1 aliphatic rings. The Morgan fingerprint density at radius 3 is 2.89 bits per heavy atom. The molecule has 0 saturated carbocycles. The molecule has 0 radical (unpaired) electrons. The third-order valence-electron chi connectivity index (χ3n) is 3.75. The summed E-state index contributed by atoms with van der Waals surface area (Å²) >= 11 is 6.08. The molecular weight excluding hydrogens is 281 g/mol. The second-order valence-electron chi connectivity index (χ2n) is 5.16. The van der Waals surface area contributed by atoms with E-state index in [1.807, 2.05) is 18.2 Å². The van der Waals surface area contributed by atoms with Crippen LogP contribution < -0.4 is 10.1 Å². The SMILES string of the molecule is CCC(C)c1cc(Cl)ccc1OCC1CCNC1.Cl. The van der Waals surface area contributed by atoms with E-state index in [4.69, 9.17) is 16.3 Å². The van der Waals surface area contributed by atoms with Crippen LogP contribution in [0.15, 0.2) is 18.2 Å². The Bertz CT molecular complexity index is 392. The van der Waals surface area contributed by atoms with Crippen molar-refractivity contribution in [2.45, 2.75) is 32.6 Å². The van der Waals surface area contributed by atoms with Crippen LogP contribution in [-0.2, 0) is 0 Å². The van der Waals surface area contributed by atoms with E-state index in [1.54, 1.807) is 0 Å². The lowest BCUT2D eigenvalue weighted by atomic mass is 9.98. The van der Waals surface area contributed by atoms with E-state index in [1.165, 1.54) is 12.0 Å². The molecule has 1 aliphatic heterocycles. The van der Waals surface area contributed by atoms with Gasteiger partial charge in [0.1, 0.15) is 5.75 Å². The summed E-state index contributed by atoms with van der Waals surface area (Å²) < 4.78 is 6.00. The second kappa shape index (κ2) is 7.98. The third-order valence-corrected chi connectivity index (χ3v) is 3.99. The molecule has 1 N–H and O–H groups in total. The molecule has 19 heavy (non-hydrogen) atoms. The summed E-state index contributed by atoms with van der Waals surface area (Å²) in [6.45, 7) is 7.41. The van der Waals surface area contributed by atoms with Crippen molar-refractivity contribution in [3.63, 3.8) is 0 Å². The molecule has 1 fully saturated rings. The summed E-state index contributed by atoms with van der Waals surface area (Å²) in [5.74, 6) is 2.13. The molecule has 1 heterocycles. The Balaban J connectivity index is 0.00000180. The van der Waals surface area contributed by atoms with Crippen LogP contribution in [-0.4, -0.2) is 19.7 Å². The Morgan fingerprint density at radius 1 is 1.47 bits per heavy atom. The molecular formula is C15H23Cl2NO. The zero-order chi connectivity index (χ0) is 13.0. The summed E-state index contributed by atoms with van der Waals surface area (Å²) in [4.78, 5) is 0. The van der Waals surface area contributed by atoms with Crippen molar-refractivity contribution in [2.75, 3.05) is 19.7 Å². The Morgan fingerprint density at radius 2 is 2.26 bits per heavy atom. The van der Waals surface area contributed by atoms with E-state index in [0.29, 0.717) is 11.8 Å². The maximum absolute atomic E-state index is 6.08. The smallest absolute Gasteiger partial charge is 0.122 e. The molecule has 2 atom stereocenters. The zero-order valence-corrected chi connectivity index (χ0v) is 13.2. The molecule has 108 valence electrons. The first-order valence-corrected chi connectivity index (χ1v) is 7.21. The van der Waals surface area contributed by atoms with E-state index in [2.05, 4.69) is 19.2 Å². The van der Waals surface area contributed by atoms with Crippen LogP contribution >= 0.6 is 24.0 Å². The number of nitrogens with one attached hydrogen (secondary N) is 1. The van der Waals surface area contributed by atoms with E-state index < -0.39 is 0 Å². The van der Waals surface area contributed by atoms with Gasteiger partial charge < -0.3 is 10.1 Å². The molecule has 2 unspecified atom stereocenters. The number of hydrogen-bond acceptors (Lipinski definition) is 2. The van der Waals surface area contributed by atoms with Gasteiger partial charge in [0.25, 0.3) is 0 Å². The minimum atomic E-state index is 0. The number of rotatable bonds is 5. The summed E-state index contributed by atoms with van der Waals surface area (Å²) in [7, 11) is 0. The molecule has 1 aromatic carbocycles. The molecule has 0 amide bonds. The van der Waals surface area contributed by atoms with Gasteiger partial charge in [0.2, 0.25) is 0 Å². The highest BCUT2D eigenvalue weighted by Crippen LogP contribution is 2.31. The minimum Gasteiger partial charge on any atom is -0.493 e. The van der Waals surface area contributed by atoms with Crippen LogP contribution in [0.1, 0.15) is 38.2 Å². The van der Waals surface area contributed by atoms with Crippen LogP contribution in [0.25, 0.3) is 0 Å². The second-order valence-corrected chi connectivity index (χ2v) is 5.60. The van der Waals surface area contributed by atoms with E-state index in [0.717, 1.165) is 36.9 Å². The number of hydrogen-bond donors (Lipinski definition) is 1. The van der Waals surface area contributed by atoms with Gasteiger partial charge in [-0.05, 0) is 49.1 Å². The van der Waals surface area contributed by atoms with E-state index >= 15 is 0 Å². The highest BCUT2D eigenvalue weighted by molar-refractivity contribution is 6.30. The van der Waals surface area contributed by atoms with Crippen LogP contribution in [0.4, 0.5) is 0 Å². The van der Waals surface area contributed by atoms with Crippen molar-refractivity contribution in [3.8, 4) is 5.75 Å². The Kier molecular flexibility index (Phi) is 6.98. The number of benzene rings is 1. The molecule has 2 rings (SSSR count). The van der Waals surface area contributed by atoms with Crippen molar-refractivity contribution < 1.29 is 4.74 Å². The Labute approximate surface area is 127 Å². The summed E-state index contributed by atoms with van der Waals surface area (Å²) in [5.41, 5.74) is 1.23. The van der Waals surface area contributed by atoms with Gasteiger partial charge in [-0.15, -0.1) is 12.4 Å². The van der Waals surface area contributed by atoms with E-state index in [9.17, 15) is 0 Å². The van der Waals surface area contributed by atoms with Crippen molar-refractivity contribution in [3.05, 3.63) is 28.8 Å². The van der Waals surface area contributed by atoms with Crippen LogP contribution in [0.5, 0.6) is 5.75 Å². The normalized spacial score (nSPS) is 19.8. The van der Waals surface area contributed by atoms with Gasteiger partial charge in [-0.25, -0.2) is 0 Å². The van der Waals surface area contributed by atoms with Gasteiger partial charge in [-0.1, -0.05) is 25.4 Å². The first-order valence-electron chi connectivity index (χ1n) is 6.83. The zero-order valence-electron chi connectivity index (χ0n) is 11.6. The average molecular weight is 304 g/mol. The van der Waals surface area contributed by atoms with Crippen molar-refractivity contribution in [2.24, 2.45) is 5.92 Å². The lowest BCUT2D eigenvalue weighted by Crippen LogP contribution is -2.16. The standard InChI is InChI=1S/C15H22ClNO.ClH/c1-3-11(2)14-8-13(16)4-5-15(14)18-10-12-6-7-17-9-12;/h4-5,8,11-12,17H,3,6-7,9-10H2,1-2H3;1H. The Hall–Kier alpha value is -0.440. The molecule has 4 heteroatoms. The lowest BCUT2D eigenvalue weighted by Gasteiger charge is -2.18. The summed E-state index contributed by atoms with van der Waals surface area (Å²) in [6.07, 6.45) is 2.31. The maximum Gasteiger partial charge on any atom is 0.122 e. The fraction of sp³-hybridized carbons (Fsp3) is 0.600. The quantitative estimate of drug-likeness (QED) is 0.877. The first-order chi connectivity index (χ1) is 8.70. The third kappa shape index (κ3) is 4.55. The predicted octanol–water partition coefficient (Wildman–Crippen LogP) is 4.26. The van der Waals surface area contributed by atoms with Gasteiger partial charge >= 0.3 is 0 Å². The maximum atomic E-state index is 6.08. The topological polar surface area (TPSA) is 21.3 Å². The number of halogens is 2. The molecule has 2 nitrogen and oxygen atoms in total. The van der Waals surface area contributed by atoms with Gasteiger partial charge in [0, 0.05) is 17.5 Å². The summed E-state index contributed by atoms with van der Waals surface area (Å²) in [5, 5.41) is 4.16. The van der Waals surface area contributed by atoms with Gasteiger partial charge in [0.05, 0.1) is 6.61 Å². The number of ether oxygens (including phenoxy) is 1. The van der Waals surface area contributed by atoms with Gasteiger partial charge in [-0.3, -0.25) is 0 Å². The molecule has 0 aliphatic carbocycles. The van der Waals surface area contributed by atoms with Crippen LogP contribution in [0, 0.1) is 5.92 Å². The highest BCUT2D eigenvalue weighted by atomic mass is 35.5.